The smallest absolute Gasteiger partial charge is 0.328 e. The number of hydrogen-bond acceptors (Lipinski definition) is 4. The van der Waals surface area contributed by atoms with Crippen molar-refractivity contribution in [3.8, 4) is 0 Å². The van der Waals surface area contributed by atoms with Crippen LogP contribution in [0.25, 0.3) is 0 Å². The summed E-state index contributed by atoms with van der Waals surface area (Å²) in [5.41, 5.74) is -0.485. The molecule has 0 aromatic carbocycles. The predicted octanol–water partition coefficient (Wildman–Crippen LogP) is 2.14. The van der Waals surface area contributed by atoms with Crippen LogP contribution in [0.15, 0.2) is 9.47 Å². The number of carbonyl (C=O) groups is 1. The first kappa shape index (κ1) is 12.6. The van der Waals surface area contributed by atoms with Gasteiger partial charge in [0.2, 0.25) is 4.73 Å². The molecule has 1 rings (SSSR count). The van der Waals surface area contributed by atoms with E-state index >= 15 is 0 Å². The van der Waals surface area contributed by atoms with Crippen LogP contribution in [0.1, 0.15) is 20.8 Å². The predicted molar refractivity (Wildman–Crippen MR) is 61.3 cm³/mol. The molecule has 1 aromatic rings. The number of halogens is 2. The van der Waals surface area contributed by atoms with Crippen molar-refractivity contribution < 1.29 is 9.53 Å². The highest BCUT2D eigenvalue weighted by atomic mass is 79.9. The second kappa shape index (κ2) is 4.61. The lowest BCUT2D eigenvalue weighted by molar-refractivity contribution is -0.155. The molecule has 84 valence electrons. The Balaban J connectivity index is 2.63. The fourth-order valence-electron chi connectivity index (χ4n) is 0.894. The standard InChI is InChI=1S/C8H11Br2N3O2/c1-8(2,3)15-5(14)4-13-7(10)11-6(9)12-13/h4H2,1-3H3. The number of aromatic nitrogens is 3. The molecule has 0 amide bonds. The number of nitrogens with zero attached hydrogens (tertiary/aromatic N) is 3. The topological polar surface area (TPSA) is 57.0 Å². The summed E-state index contributed by atoms with van der Waals surface area (Å²) in [7, 11) is 0. The van der Waals surface area contributed by atoms with Crippen LogP contribution in [-0.4, -0.2) is 26.3 Å². The van der Waals surface area contributed by atoms with E-state index < -0.39 is 5.60 Å². The van der Waals surface area contributed by atoms with Crippen LogP contribution in [0.4, 0.5) is 0 Å². The summed E-state index contributed by atoms with van der Waals surface area (Å²) < 4.78 is 7.47. The van der Waals surface area contributed by atoms with E-state index in [-0.39, 0.29) is 12.5 Å². The van der Waals surface area contributed by atoms with E-state index in [1.165, 1.54) is 4.68 Å². The van der Waals surface area contributed by atoms with E-state index in [4.69, 9.17) is 4.74 Å². The molecule has 7 heteroatoms. The van der Waals surface area contributed by atoms with Crippen LogP contribution in [0, 0.1) is 0 Å². The number of hydrogen-bond donors (Lipinski definition) is 0. The Morgan fingerprint density at radius 1 is 1.47 bits per heavy atom. The summed E-state index contributed by atoms with van der Waals surface area (Å²) in [6.45, 7) is 5.49. The van der Waals surface area contributed by atoms with Crippen molar-refractivity contribution in [3.05, 3.63) is 9.47 Å². The number of esters is 1. The Hall–Kier alpha value is -0.430. The quantitative estimate of drug-likeness (QED) is 0.774. The molecule has 15 heavy (non-hydrogen) atoms. The summed E-state index contributed by atoms with van der Waals surface area (Å²) >= 11 is 6.29. The molecule has 0 saturated heterocycles. The van der Waals surface area contributed by atoms with E-state index in [2.05, 4.69) is 41.9 Å². The summed E-state index contributed by atoms with van der Waals surface area (Å²) in [4.78, 5) is 15.4. The van der Waals surface area contributed by atoms with Gasteiger partial charge in [0.25, 0.3) is 0 Å². The Bertz CT molecular complexity index is 370. The average Bonchev–Trinajstić information content (AvgIpc) is 2.25. The molecule has 1 heterocycles. The minimum Gasteiger partial charge on any atom is -0.459 e. The number of ether oxygens (including phenoxy) is 1. The Morgan fingerprint density at radius 3 is 2.47 bits per heavy atom. The van der Waals surface area contributed by atoms with Gasteiger partial charge in [-0.1, -0.05) is 0 Å². The van der Waals surface area contributed by atoms with E-state index in [1.54, 1.807) is 0 Å². The van der Waals surface area contributed by atoms with Gasteiger partial charge >= 0.3 is 5.97 Å². The van der Waals surface area contributed by atoms with Gasteiger partial charge in [-0.25, -0.2) is 4.68 Å². The Morgan fingerprint density at radius 2 is 2.07 bits per heavy atom. The van der Waals surface area contributed by atoms with E-state index in [1.807, 2.05) is 20.8 Å². The van der Waals surface area contributed by atoms with Crippen LogP contribution >= 0.6 is 31.9 Å². The number of rotatable bonds is 2. The summed E-state index contributed by atoms with van der Waals surface area (Å²) in [5, 5.41) is 3.95. The van der Waals surface area contributed by atoms with Gasteiger partial charge in [-0.2, -0.15) is 4.98 Å². The van der Waals surface area contributed by atoms with E-state index in [9.17, 15) is 4.79 Å². The maximum absolute atomic E-state index is 11.4. The lowest BCUT2D eigenvalue weighted by Crippen LogP contribution is -2.26. The second-order valence-electron chi connectivity index (χ2n) is 3.89. The molecule has 0 radical (unpaired) electrons. The minimum atomic E-state index is -0.485. The molecule has 0 aliphatic carbocycles. The molecule has 0 bridgehead atoms. The molecule has 1 aromatic heterocycles. The van der Waals surface area contributed by atoms with Crippen LogP contribution in [-0.2, 0) is 16.1 Å². The van der Waals surface area contributed by atoms with Crippen molar-refractivity contribution >= 4 is 37.8 Å². The van der Waals surface area contributed by atoms with Gasteiger partial charge in [0, 0.05) is 0 Å². The van der Waals surface area contributed by atoms with Crippen molar-refractivity contribution in [2.75, 3.05) is 0 Å². The van der Waals surface area contributed by atoms with Crippen LogP contribution in [0.3, 0.4) is 0 Å². The van der Waals surface area contributed by atoms with Crippen LogP contribution < -0.4 is 0 Å². The monoisotopic (exact) mass is 339 g/mol. The molecular weight excluding hydrogens is 330 g/mol. The summed E-state index contributed by atoms with van der Waals surface area (Å²) in [6, 6.07) is 0. The van der Waals surface area contributed by atoms with Gasteiger partial charge in [-0.15, -0.1) is 5.10 Å². The first-order valence-electron chi connectivity index (χ1n) is 4.25. The van der Waals surface area contributed by atoms with Gasteiger partial charge in [-0.05, 0) is 52.6 Å². The third-order valence-electron chi connectivity index (χ3n) is 1.30. The zero-order valence-corrected chi connectivity index (χ0v) is 11.8. The first-order chi connectivity index (χ1) is 6.78. The van der Waals surface area contributed by atoms with Crippen LogP contribution in [0.2, 0.25) is 0 Å². The molecule has 0 fully saturated rings. The highest BCUT2D eigenvalue weighted by Crippen LogP contribution is 2.12. The van der Waals surface area contributed by atoms with Crippen molar-refractivity contribution in [2.45, 2.75) is 32.9 Å². The van der Waals surface area contributed by atoms with Gasteiger partial charge in [0.15, 0.2) is 4.73 Å². The normalized spacial score (nSPS) is 11.5. The molecule has 0 spiro atoms. The highest BCUT2D eigenvalue weighted by molar-refractivity contribution is 9.11. The Kier molecular flexibility index (Phi) is 3.88. The summed E-state index contributed by atoms with van der Waals surface area (Å²) in [6.07, 6.45) is 0. The van der Waals surface area contributed by atoms with Gasteiger partial charge in [0.05, 0.1) is 0 Å². The molecule has 0 aliphatic rings. The van der Waals surface area contributed by atoms with Gasteiger partial charge in [0.1, 0.15) is 12.1 Å². The zero-order valence-electron chi connectivity index (χ0n) is 8.62. The highest BCUT2D eigenvalue weighted by Gasteiger charge is 2.18. The Labute approximate surface area is 104 Å². The second-order valence-corrected chi connectivity index (χ2v) is 5.31. The van der Waals surface area contributed by atoms with E-state index in [0.29, 0.717) is 9.47 Å². The molecule has 0 unspecified atom stereocenters. The molecule has 0 saturated carbocycles. The molecular formula is C8H11Br2N3O2. The fraction of sp³-hybridized carbons (Fsp3) is 0.625. The average molecular weight is 341 g/mol. The maximum Gasteiger partial charge on any atom is 0.328 e. The maximum atomic E-state index is 11.4. The van der Waals surface area contributed by atoms with Gasteiger partial charge in [-0.3, -0.25) is 4.79 Å². The fourth-order valence-corrected chi connectivity index (χ4v) is 1.86. The van der Waals surface area contributed by atoms with Crippen molar-refractivity contribution in [1.29, 1.82) is 0 Å². The van der Waals surface area contributed by atoms with Crippen LogP contribution in [0.5, 0.6) is 0 Å². The van der Waals surface area contributed by atoms with E-state index in [0.717, 1.165) is 0 Å². The van der Waals surface area contributed by atoms with Crippen molar-refractivity contribution in [2.24, 2.45) is 0 Å². The van der Waals surface area contributed by atoms with Gasteiger partial charge < -0.3 is 4.74 Å². The van der Waals surface area contributed by atoms with Crippen molar-refractivity contribution in [1.82, 2.24) is 14.8 Å². The lowest BCUT2D eigenvalue weighted by Gasteiger charge is -2.19. The minimum absolute atomic E-state index is 0.0381. The zero-order chi connectivity index (χ0) is 11.6. The third kappa shape index (κ3) is 4.29. The number of carbonyl (C=O) groups excluding carboxylic acids is 1. The van der Waals surface area contributed by atoms with Crippen molar-refractivity contribution in [3.63, 3.8) is 0 Å². The molecule has 0 N–H and O–H groups in total. The molecule has 5 nitrogen and oxygen atoms in total. The first-order valence-corrected chi connectivity index (χ1v) is 5.84. The molecule has 0 atom stereocenters. The lowest BCUT2D eigenvalue weighted by atomic mass is 10.2. The molecule has 0 aliphatic heterocycles. The largest absolute Gasteiger partial charge is 0.459 e. The third-order valence-corrected chi connectivity index (χ3v) is 2.22. The summed E-state index contributed by atoms with van der Waals surface area (Å²) in [5.74, 6) is -0.347. The SMILES string of the molecule is CC(C)(C)OC(=O)Cn1nc(Br)nc1Br.